The zero-order chi connectivity index (χ0) is 26.9. The van der Waals surface area contributed by atoms with Gasteiger partial charge in [-0.15, -0.1) is 0 Å². The number of fused-ring (bicyclic) bond motifs is 1. The summed E-state index contributed by atoms with van der Waals surface area (Å²) in [5, 5.41) is 0.750. The highest BCUT2D eigenvalue weighted by Gasteiger charge is 2.36. The first-order valence-electron chi connectivity index (χ1n) is 11.7. The molecule has 0 saturated heterocycles. The first-order valence-corrected chi connectivity index (χ1v) is 13.3. The number of aromatic nitrogens is 1. The van der Waals surface area contributed by atoms with Gasteiger partial charge in [0.15, 0.2) is 4.80 Å². The Morgan fingerprint density at radius 1 is 1.16 bits per heavy atom. The zero-order valence-corrected chi connectivity index (χ0v) is 23.5. The molecule has 0 bridgehead atoms. The second-order valence-corrected chi connectivity index (χ2v) is 10.1. The topological polar surface area (TPSA) is 73.1 Å². The Balaban J connectivity index is 2.05. The van der Waals surface area contributed by atoms with Gasteiger partial charge in [0.1, 0.15) is 17.5 Å². The van der Waals surface area contributed by atoms with E-state index in [0.717, 1.165) is 0 Å². The van der Waals surface area contributed by atoms with E-state index in [4.69, 9.17) is 37.7 Å². The molecular formula is C27H27Cl2N3O4S. The van der Waals surface area contributed by atoms with Crippen LogP contribution in [0.1, 0.15) is 37.9 Å². The van der Waals surface area contributed by atoms with Crippen molar-refractivity contribution in [3.8, 4) is 11.5 Å². The average Bonchev–Trinajstić information content (AvgIpc) is 3.20. The summed E-state index contributed by atoms with van der Waals surface area (Å²) in [6.45, 7) is 6.67. The molecular weight excluding hydrogens is 533 g/mol. The number of halogens is 2. The molecule has 2 heterocycles. The second kappa shape index (κ2) is 11.1. The molecule has 0 aliphatic carbocycles. The Kier molecular flexibility index (Phi) is 8.11. The smallest absolute Gasteiger partial charge is 0.271 e. The van der Waals surface area contributed by atoms with E-state index in [1.165, 1.54) is 11.3 Å². The molecule has 3 aromatic rings. The van der Waals surface area contributed by atoms with Crippen LogP contribution in [0.3, 0.4) is 0 Å². The minimum Gasteiger partial charge on any atom is -0.497 e. The average molecular weight is 561 g/mol. The minimum absolute atomic E-state index is 0.187. The van der Waals surface area contributed by atoms with Crippen molar-refractivity contribution in [3.05, 3.63) is 88.5 Å². The molecule has 4 rings (SSSR count). The lowest BCUT2D eigenvalue weighted by molar-refractivity contribution is -0.127. The highest BCUT2D eigenvalue weighted by Crippen LogP contribution is 2.38. The van der Waals surface area contributed by atoms with Crippen molar-refractivity contribution in [1.29, 1.82) is 0 Å². The van der Waals surface area contributed by atoms with E-state index < -0.39 is 6.04 Å². The molecule has 10 heteroatoms. The summed E-state index contributed by atoms with van der Waals surface area (Å²) >= 11 is 13.8. The summed E-state index contributed by atoms with van der Waals surface area (Å²) in [7, 11) is 3.12. The molecule has 1 aliphatic rings. The maximum Gasteiger partial charge on any atom is 0.271 e. The molecule has 194 valence electrons. The number of amides is 1. The van der Waals surface area contributed by atoms with Crippen molar-refractivity contribution in [2.45, 2.75) is 26.8 Å². The van der Waals surface area contributed by atoms with Crippen molar-refractivity contribution in [3.63, 3.8) is 0 Å². The molecule has 0 saturated carbocycles. The third-order valence-corrected chi connectivity index (χ3v) is 8.12. The molecule has 1 aliphatic heterocycles. The molecule has 0 unspecified atom stereocenters. The number of carbonyl (C=O) groups excluding carboxylic acids is 1. The van der Waals surface area contributed by atoms with Crippen molar-refractivity contribution < 1.29 is 14.3 Å². The predicted octanol–water partition coefficient (Wildman–Crippen LogP) is 4.43. The number of thiazole rings is 1. The van der Waals surface area contributed by atoms with Crippen LogP contribution in [-0.4, -0.2) is 42.7 Å². The summed E-state index contributed by atoms with van der Waals surface area (Å²) in [4.78, 5) is 34.6. The molecule has 1 atom stereocenters. The van der Waals surface area contributed by atoms with Crippen LogP contribution in [0, 0.1) is 0 Å². The molecule has 0 N–H and O–H groups in total. The molecule has 2 aromatic carbocycles. The van der Waals surface area contributed by atoms with E-state index in [0.29, 0.717) is 66.4 Å². The maximum absolute atomic E-state index is 13.9. The van der Waals surface area contributed by atoms with Crippen molar-refractivity contribution >= 4 is 46.5 Å². The van der Waals surface area contributed by atoms with Gasteiger partial charge in [0, 0.05) is 18.7 Å². The van der Waals surface area contributed by atoms with E-state index in [1.807, 2.05) is 13.8 Å². The second-order valence-electron chi connectivity index (χ2n) is 8.31. The van der Waals surface area contributed by atoms with Crippen LogP contribution in [-0.2, 0) is 4.79 Å². The number of nitrogens with zero attached hydrogens (tertiary/aromatic N) is 3. The number of methoxy groups -OCH3 is 2. The first kappa shape index (κ1) is 27.0. The Hall–Kier alpha value is -3.07. The van der Waals surface area contributed by atoms with Crippen molar-refractivity contribution in [2.24, 2.45) is 4.99 Å². The molecule has 0 radical (unpaired) electrons. The molecule has 0 spiro atoms. The third kappa shape index (κ3) is 4.93. The Labute approximate surface area is 228 Å². The Bertz CT molecular complexity index is 1570. The monoisotopic (exact) mass is 559 g/mol. The highest BCUT2D eigenvalue weighted by molar-refractivity contribution is 7.07. The lowest BCUT2D eigenvalue weighted by Gasteiger charge is -2.30. The van der Waals surface area contributed by atoms with Gasteiger partial charge in [0.25, 0.3) is 11.5 Å². The quantitative estimate of drug-likeness (QED) is 0.429. The molecule has 7 nitrogen and oxygen atoms in total. The lowest BCUT2D eigenvalue weighted by Crippen LogP contribution is -2.43. The number of allylic oxidation sites excluding steroid dienone is 1. The van der Waals surface area contributed by atoms with E-state index in [9.17, 15) is 9.59 Å². The Morgan fingerprint density at radius 2 is 1.89 bits per heavy atom. The van der Waals surface area contributed by atoms with Gasteiger partial charge in [-0.3, -0.25) is 14.2 Å². The maximum atomic E-state index is 13.9. The van der Waals surface area contributed by atoms with Gasteiger partial charge in [-0.05, 0) is 56.7 Å². The van der Waals surface area contributed by atoms with E-state index in [1.54, 1.807) is 73.1 Å². The fourth-order valence-electron chi connectivity index (χ4n) is 4.40. The Morgan fingerprint density at radius 3 is 2.54 bits per heavy atom. The minimum atomic E-state index is -0.772. The van der Waals surface area contributed by atoms with Crippen molar-refractivity contribution in [2.75, 3.05) is 27.3 Å². The molecule has 1 amide bonds. The van der Waals surface area contributed by atoms with Gasteiger partial charge in [0.2, 0.25) is 0 Å². The number of hydrogen-bond acceptors (Lipinski definition) is 6. The van der Waals surface area contributed by atoms with Gasteiger partial charge < -0.3 is 14.4 Å². The van der Waals surface area contributed by atoms with Gasteiger partial charge in [-0.1, -0.05) is 46.7 Å². The lowest BCUT2D eigenvalue weighted by atomic mass is 9.93. The van der Waals surface area contributed by atoms with Crippen LogP contribution in [0.5, 0.6) is 11.5 Å². The molecule has 37 heavy (non-hydrogen) atoms. The number of benzene rings is 2. The van der Waals surface area contributed by atoms with E-state index >= 15 is 0 Å². The highest BCUT2D eigenvalue weighted by atomic mass is 35.5. The van der Waals surface area contributed by atoms with E-state index in [-0.39, 0.29) is 11.5 Å². The number of ether oxygens (including phenoxy) is 2. The molecule has 0 fully saturated rings. The van der Waals surface area contributed by atoms with Crippen molar-refractivity contribution in [1.82, 2.24) is 9.47 Å². The van der Waals surface area contributed by atoms with Crippen LogP contribution in [0.25, 0.3) is 6.08 Å². The standard InChI is InChI=1S/C27H27Cl2N3O4S/c1-6-31(7-2)26(34)22-15(3)30-27-32(24(22)18-14-17(35-4)11-12-20(18)36-5)25(33)21(37-27)13-16-9-8-10-19(28)23(16)29/h8-14,24H,6-7H2,1-5H3/b21-13+/t24-/m1/s1. The van der Waals surface area contributed by atoms with Gasteiger partial charge in [0.05, 0.1) is 40.1 Å². The van der Waals surface area contributed by atoms with Gasteiger partial charge in [-0.25, -0.2) is 4.99 Å². The van der Waals surface area contributed by atoms with Gasteiger partial charge >= 0.3 is 0 Å². The normalized spacial score (nSPS) is 15.3. The molecule has 1 aromatic heterocycles. The van der Waals surface area contributed by atoms with Gasteiger partial charge in [-0.2, -0.15) is 0 Å². The number of hydrogen-bond donors (Lipinski definition) is 0. The van der Waals surface area contributed by atoms with Crippen LogP contribution >= 0.6 is 34.5 Å². The zero-order valence-electron chi connectivity index (χ0n) is 21.2. The summed E-state index contributed by atoms with van der Waals surface area (Å²) in [5.74, 6) is 0.916. The van der Waals surface area contributed by atoms with Crippen LogP contribution in [0.15, 0.2) is 57.5 Å². The summed E-state index contributed by atoms with van der Waals surface area (Å²) < 4.78 is 13.1. The van der Waals surface area contributed by atoms with Crippen LogP contribution in [0.2, 0.25) is 10.0 Å². The fraction of sp³-hybridized carbons (Fsp3) is 0.296. The van der Waals surface area contributed by atoms with Crippen LogP contribution in [0.4, 0.5) is 0 Å². The fourth-order valence-corrected chi connectivity index (χ4v) is 5.80. The van der Waals surface area contributed by atoms with E-state index in [2.05, 4.69) is 0 Å². The summed E-state index contributed by atoms with van der Waals surface area (Å²) in [5.41, 5.74) is 1.90. The largest absolute Gasteiger partial charge is 0.497 e. The third-order valence-electron chi connectivity index (χ3n) is 6.30. The number of carbonyl (C=O) groups is 1. The van der Waals surface area contributed by atoms with Crippen LogP contribution < -0.4 is 24.4 Å². The summed E-state index contributed by atoms with van der Waals surface area (Å²) in [6.07, 6.45) is 1.70. The predicted molar refractivity (Wildman–Crippen MR) is 148 cm³/mol. The number of likely N-dealkylation sites (N-methyl/N-ethyl adjacent to an activating group) is 1. The first-order chi connectivity index (χ1) is 17.7. The number of rotatable bonds is 7. The SMILES string of the molecule is CCN(CC)C(=O)C1=C(C)N=c2s/c(=C/c3cccc(Cl)c3Cl)c(=O)n2[C@@H]1c1cc(OC)ccc1OC. The summed E-state index contributed by atoms with van der Waals surface area (Å²) in [6, 6.07) is 9.81.